The molecule has 0 spiro atoms. The van der Waals surface area contributed by atoms with Crippen LogP contribution in [0.5, 0.6) is 0 Å². The summed E-state index contributed by atoms with van der Waals surface area (Å²) in [5, 5.41) is 0. The average Bonchev–Trinajstić information content (AvgIpc) is 1.81. The molecule has 0 aromatic carbocycles. The molecule has 0 unspecified atom stereocenters. The lowest BCUT2D eigenvalue weighted by molar-refractivity contribution is 1.24. The molecule has 0 aliphatic rings. The van der Waals surface area contributed by atoms with Crippen molar-refractivity contribution in [2.24, 2.45) is 0 Å². The second-order valence-corrected chi connectivity index (χ2v) is 3.27. The monoisotopic (exact) mass is 242 g/mol. The highest BCUT2D eigenvalue weighted by Gasteiger charge is 1.74. The molecule has 48 valence electrons. The maximum Gasteiger partial charge on any atom is 0.0175 e. The zero-order valence-electron chi connectivity index (χ0n) is 5.06. The Hall–Kier alpha value is 0.820. The molecule has 0 nitrogen and oxygen atoms in total. The first-order valence-electron chi connectivity index (χ1n) is 2.61. The van der Waals surface area contributed by atoms with Gasteiger partial charge < -0.3 is 0 Å². The van der Waals surface area contributed by atoms with Gasteiger partial charge in [0.15, 0.2) is 0 Å². The number of hydrogen-bond acceptors (Lipinski definition) is 1. The van der Waals surface area contributed by atoms with E-state index < -0.39 is 0 Å². The van der Waals surface area contributed by atoms with Crippen molar-refractivity contribution < 1.29 is 0 Å². The molecule has 0 rings (SSSR count). The molecule has 0 fully saturated rings. The Morgan fingerprint density at radius 2 is 2.25 bits per heavy atom. The molecule has 0 aromatic rings. The van der Waals surface area contributed by atoms with Crippen LogP contribution in [0.25, 0.3) is 0 Å². The van der Waals surface area contributed by atoms with E-state index in [0.29, 0.717) is 0 Å². The lowest BCUT2D eigenvalue weighted by atomic mass is 10.4. The predicted octanol–water partition coefficient (Wildman–Crippen LogP) is 2.73. The molecule has 0 aliphatic heterocycles. The van der Waals surface area contributed by atoms with Crippen molar-refractivity contribution in [3.8, 4) is 0 Å². The number of hydrogen-bond donors (Lipinski definition) is 0. The van der Waals surface area contributed by atoms with Crippen LogP contribution in [0.1, 0.15) is 6.42 Å². The minimum atomic E-state index is 1.14. The SMILES string of the molecule is CSCC/C=C\CI. The quantitative estimate of drug-likeness (QED) is 0.316. The first kappa shape index (κ1) is 8.82. The third-order valence-corrected chi connectivity index (χ3v) is 1.90. The average molecular weight is 242 g/mol. The van der Waals surface area contributed by atoms with E-state index in [-0.39, 0.29) is 0 Å². The topological polar surface area (TPSA) is 0 Å². The first-order chi connectivity index (χ1) is 3.91. The van der Waals surface area contributed by atoms with Crippen molar-refractivity contribution in [1.82, 2.24) is 0 Å². The van der Waals surface area contributed by atoms with Crippen LogP contribution in [0.3, 0.4) is 0 Å². The highest BCUT2D eigenvalue weighted by atomic mass is 127. The Morgan fingerprint density at radius 3 is 2.75 bits per heavy atom. The molecule has 0 aromatic heterocycles. The molecule has 0 saturated heterocycles. The fraction of sp³-hybridized carbons (Fsp3) is 0.667. The van der Waals surface area contributed by atoms with Gasteiger partial charge in [0.25, 0.3) is 0 Å². The minimum Gasteiger partial charge on any atom is -0.165 e. The summed E-state index contributed by atoms with van der Waals surface area (Å²) < 4.78 is 1.14. The van der Waals surface area contributed by atoms with E-state index >= 15 is 0 Å². The van der Waals surface area contributed by atoms with Crippen LogP contribution in [-0.2, 0) is 0 Å². The van der Waals surface area contributed by atoms with Gasteiger partial charge in [-0.25, -0.2) is 0 Å². The summed E-state index contributed by atoms with van der Waals surface area (Å²) in [5.41, 5.74) is 0. The van der Waals surface area contributed by atoms with Gasteiger partial charge in [-0.05, 0) is 18.4 Å². The van der Waals surface area contributed by atoms with E-state index in [4.69, 9.17) is 0 Å². The Morgan fingerprint density at radius 1 is 1.50 bits per heavy atom. The van der Waals surface area contributed by atoms with Crippen molar-refractivity contribution in [3.05, 3.63) is 12.2 Å². The Kier molecular flexibility index (Phi) is 8.62. The Bertz CT molecular complexity index is 61.5. The van der Waals surface area contributed by atoms with Crippen LogP contribution < -0.4 is 0 Å². The van der Waals surface area contributed by atoms with Gasteiger partial charge in [-0.1, -0.05) is 34.7 Å². The largest absolute Gasteiger partial charge is 0.165 e. The van der Waals surface area contributed by atoms with Crippen molar-refractivity contribution >= 4 is 34.4 Å². The van der Waals surface area contributed by atoms with Crippen LogP contribution in [0.15, 0.2) is 12.2 Å². The summed E-state index contributed by atoms with van der Waals surface area (Å²) in [4.78, 5) is 0. The third-order valence-electron chi connectivity index (χ3n) is 0.744. The van der Waals surface area contributed by atoms with Gasteiger partial charge in [-0.2, -0.15) is 11.8 Å². The van der Waals surface area contributed by atoms with Crippen LogP contribution in [0.4, 0.5) is 0 Å². The van der Waals surface area contributed by atoms with Crippen molar-refractivity contribution in [2.75, 3.05) is 16.4 Å². The summed E-state index contributed by atoms with van der Waals surface area (Å²) in [6.45, 7) is 0. The summed E-state index contributed by atoms with van der Waals surface area (Å²) in [6, 6.07) is 0. The third kappa shape index (κ3) is 6.82. The molecule has 8 heavy (non-hydrogen) atoms. The zero-order chi connectivity index (χ0) is 6.24. The predicted molar refractivity (Wildman–Crippen MR) is 51.0 cm³/mol. The van der Waals surface area contributed by atoms with Crippen molar-refractivity contribution in [2.45, 2.75) is 6.42 Å². The summed E-state index contributed by atoms with van der Waals surface area (Å²) >= 11 is 4.24. The minimum absolute atomic E-state index is 1.14. The highest BCUT2D eigenvalue weighted by molar-refractivity contribution is 14.1. The van der Waals surface area contributed by atoms with E-state index in [0.717, 1.165) is 4.43 Å². The lowest BCUT2D eigenvalue weighted by Crippen LogP contribution is -1.70. The normalized spacial score (nSPS) is 10.8. The molecular weight excluding hydrogens is 231 g/mol. The van der Waals surface area contributed by atoms with E-state index in [1.165, 1.54) is 12.2 Å². The molecule has 0 amide bonds. The Labute approximate surface area is 69.3 Å². The number of alkyl halides is 1. The van der Waals surface area contributed by atoms with Gasteiger partial charge in [-0.3, -0.25) is 0 Å². The smallest absolute Gasteiger partial charge is 0.0175 e. The van der Waals surface area contributed by atoms with Gasteiger partial charge >= 0.3 is 0 Å². The highest BCUT2D eigenvalue weighted by Crippen LogP contribution is 1.96. The van der Waals surface area contributed by atoms with E-state index in [1.807, 2.05) is 11.8 Å². The number of thioether (sulfide) groups is 1. The molecule has 0 atom stereocenters. The molecule has 0 aliphatic carbocycles. The number of rotatable bonds is 4. The van der Waals surface area contributed by atoms with Gasteiger partial charge in [0, 0.05) is 4.43 Å². The molecule has 0 heterocycles. The second kappa shape index (κ2) is 7.82. The molecule has 0 N–H and O–H groups in total. The lowest BCUT2D eigenvalue weighted by Gasteiger charge is -1.85. The molecule has 0 bridgehead atoms. The molecule has 0 radical (unpaired) electrons. The van der Waals surface area contributed by atoms with Crippen LogP contribution in [-0.4, -0.2) is 16.4 Å². The summed E-state index contributed by atoms with van der Waals surface area (Å²) in [7, 11) is 0. The van der Waals surface area contributed by atoms with E-state index in [2.05, 4.69) is 41.0 Å². The summed E-state index contributed by atoms with van der Waals surface area (Å²) in [5.74, 6) is 1.26. The molecular formula is C6H11IS. The fourth-order valence-corrected chi connectivity index (χ4v) is 1.10. The van der Waals surface area contributed by atoms with Gasteiger partial charge in [0.1, 0.15) is 0 Å². The number of allylic oxidation sites excluding steroid dienone is 2. The molecule has 2 heteroatoms. The van der Waals surface area contributed by atoms with E-state index in [9.17, 15) is 0 Å². The zero-order valence-corrected chi connectivity index (χ0v) is 8.04. The number of halogens is 1. The van der Waals surface area contributed by atoms with Crippen molar-refractivity contribution in [1.29, 1.82) is 0 Å². The van der Waals surface area contributed by atoms with Crippen LogP contribution >= 0.6 is 34.4 Å². The van der Waals surface area contributed by atoms with Gasteiger partial charge in [0.05, 0.1) is 0 Å². The van der Waals surface area contributed by atoms with Crippen LogP contribution in [0, 0.1) is 0 Å². The second-order valence-electron chi connectivity index (χ2n) is 1.41. The van der Waals surface area contributed by atoms with Crippen molar-refractivity contribution in [3.63, 3.8) is 0 Å². The fourth-order valence-electron chi connectivity index (χ4n) is 0.367. The van der Waals surface area contributed by atoms with Crippen LogP contribution in [0.2, 0.25) is 0 Å². The van der Waals surface area contributed by atoms with E-state index in [1.54, 1.807) is 0 Å². The summed E-state index contributed by atoms with van der Waals surface area (Å²) in [6.07, 6.45) is 7.81. The maximum absolute atomic E-state index is 2.35. The maximum atomic E-state index is 2.35. The Balaban J connectivity index is 2.80. The van der Waals surface area contributed by atoms with Gasteiger partial charge in [-0.15, -0.1) is 0 Å². The molecule has 0 saturated carbocycles. The first-order valence-corrected chi connectivity index (χ1v) is 5.53. The standard InChI is InChI=1S/C6H11IS/c1-8-6-4-2-3-5-7/h2-3H,4-6H2,1H3/b3-2-. The van der Waals surface area contributed by atoms with Gasteiger partial charge in [0.2, 0.25) is 0 Å².